The Hall–Kier alpha value is -2.00. The van der Waals surface area contributed by atoms with Gasteiger partial charge >= 0.3 is 0 Å². The van der Waals surface area contributed by atoms with E-state index < -0.39 is 0 Å². The Morgan fingerprint density at radius 1 is 0.857 bits per heavy atom. The molecule has 0 radical (unpaired) electrons. The van der Waals surface area contributed by atoms with E-state index in [0.717, 1.165) is 29.0 Å². The van der Waals surface area contributed by atoms with Crippen LogP contribution in [0.5, 0.6) is 11.5 Å². The van der Waals surface area contributed by atoms with E-state index in [1.807, 2.05) is 18.2 Å². The average molecular weight is 283 g/mol. The van der Waals surface area contributed by atoms with Crippen molar-refractivity contribution in [3.63, 3.8) is 0 Å². The molecule has 2 N–H and O–H groups in total. The van der Waals surface area contributed by atoms with Crippen molar-refractivity contribution in [2.45, 2.75) is 26.3 Å². The molecule has 1 heterocycles. The van der Waals surface area contributed by atoms with E-state index in [1.165, 1.54) is 11.1 Å². The second-order valence-electron chi connectivity index (χ2n) is 5.66. The van der Waals surface area contributed by atoms with E-state index in [9.17, 15) is 0 Å². The van der Waals surface area contributed by atoms with Crippen molar-refractivity contribution < 1.29 is 9.47 Å². The van der Waals surface area contributed by atoms with Crippen LogP contribution in [-0.4, -0.2) is 13.2 Å². The Bertz CT molecular complexity index is 631. The minimum Gasteiger partial charge on any atom is -0.490 e. The number of fused-ring (bicyclic) bond motifs is 1. The maximum absolute atomic E-state index is 6.43. The zero-order chi connectivity index (χ0) is 14.8. The predicted octanol–water partition coefficient (Wildman–Crippen LogP) is 3.51. The molecular weight excluding hydrogens is 262 g/mol. The zero-order valence-electron chi connectivity index (χ0n) is 12.6. The van der Waals surface area contributed by atoms with E-state index >= 15 is 0 Å². The van der Waals surface area contributed by atoms with Crippen LogP contribution >= 0.6 is 0 Å². The number of rotatable bonds is 2. The molecule has 0 bridgehead atoms. The second-order valence-corrected chi connectivity index (χ2v) is 5.66. The minimum atomic E-state index is -0.152. The molecule has 3 nitrogen and oxygen atoms in total. The molecule has 1 aliphatic rings. The molecule has 1 unspecified atom stereocenters. The summed E-state index contributed by atoms with van der Waals surface area (Å²) in [6.45, 7) is 5.58. The molecule has 0 saturated heterocycles. The van der Waals surface area contributed by atoms with Gasteiger partial charge < -0.3 is 15.2 Å². The van der Waals surface area contributed by atoms with Gasteiger partial charge in [-0.05, 0) is 37.1 Å². The van der Waals surface area contributed by atoms with Crippen molar-refractivity contribution in [1.29, 1.82) is 0 Å². The molecule has 3 rings (SSSR count). The van der Waals surface area contributed by atoms with Gasteiger partial charge in [-0.15, -0.1) is 0 Å². The first-order valence-electron chi connectivity index (χ1n) is 7.37. The van der Waals surface area contributed by atoms with E-state index in [-0.39, 0.29) is 6.04 Å². The fourth-order valence-corrected chi connectivity index (χ4v) is 2.76. The topological polar surface area (TPSA) is 44.5 Å². The van der Waals surface area contributed by atoms with Gasteiger partial charge in [0.1, 0.15) is 0 Å². The molecule has 3 heteroatoms. The Labute approximate surface area is 125 Å². The lowest BCUT2D eigenvalue weighted by Gasteiger charge is -2.16. The molecule has 2 aromatic carbocycles. The van der Waals surface area contributed by atoms with E-state index in [4.69, 9.17) is 15.2 Å². The van der Waals surface area contributed by atoms with Gasteiger partial charge in [0, 0.05) is 6.42 Å². The lowest BCUT2D eigenvalue weighted by molar-refractivity contribution is 0.297. The van der Waals surface area contributed by atoms with Gasteiger partial charge in [0.2, 0.25) is 0 Å². The Morgan fingerprint density at radius 3 is 2.24 bits per heavy atom. The van der Waals surface area contributed by atoms with Crippen LogP contribution in [0, 0.1) is 13.8 Å². The van der Waals surface area contributed by atoms with Crippen LogP contribution in [-0.2, 0) is 0 Å². The zero-order valence-corrected chi connectivity index (χ0v) is 12.6. The van der Waals surface area contributed by atoms with Crippen LogP contribution in [0.4, 0.5) is 0 Å². The van der Waals surface area contributed by atoms with Crippen LogP contribution in [0.2, 0.25) is 0 Å². The standard InChI is InChI=1S/C18H21NO2/c1-12-8-13(2)10-15(9-12)18(19)14-4-5-16-17(11-14)21-7-3-6-20-16/h4-5,8-11,18H,3,6-7,19H2,1-2H3. The fraction of sp³-hybridized carbons (Fsp3) is 0.333. The van der Waals surface area contributed by atoms with E-state index in [0.29, 0.717) is 13.2 Å². The monoisotopic (exact) mass is 283 g/mol. The van der Waals surface area contributed by atoms with Crippen LogP contribution in [0.25, 0.3) is 0 Å². The number of benzene rings is 2. The normalized spacial score (nSPS) is 15.4. The molecule has 1 atom stereocenters. The quantitative estimate of drug-likeness (QED) is 0.917. The summed E-state index contributed by atoms with van der Waals surface area (Å²) in [5.74, 6) is 1.61. The first kappa shape index (κ1) is 14.0. The van der Waals surface area contributed by atoms with Crippen LogP contribution in [0.3, 0.4) is 0 Å². The third kappa shape index (κ3) is 3.03. The van der Waals surface area contributed by atoms with Crippen molar-refractivity contribution in [2.75, 3.05) is 13.2 Å². The summed E-state index contributed by atoms with van der Waals surface area (Å²) in [6, 6.07) is 12.3. The van der Waals surface area contributed by atoms with Gasteiger partial charge in [0.15, 0.2) is 11.5 Å². The molecule has 0 aromatic heterocycles. The smallest absolute Gasteiger partial charge is 0.161 e. The molecular formula is C18H21NO2. The molecule has 0 amide bonds. The van der Waals surface area contributed by atoms with Crippen LogP contribution in [0.1, 0.15) is 34.7 Å². The van der Waals surface area contributed by atoms with Gasteiger partial charge in [0.05, 0.1) is 19.3 Å². The highest BCUT2D eigenvalue weighted by molar-refractivity contribution is 5.46. The number of aryl methyl sites for hydroxylation is 2. The summed E-state index contributed by atoms with van der Waals surface area (Å²) in [5.41, 5.74) is 11.1. The van der Waals surface area contributed by atoms with Crippen LogP contribution < -0.4 is 15.2 Å². The Kier molecular flexibility index (Phi) is 3.84. The second kappa shape index (κ2) is 5.78. The van der Waals surface area contributed by atoms with Gasteiger partial charge in [-0.25, -0.2) is 0 Å². The van der Waals surface area contributed by atoms with Crippen molar-refractivity contribution in [3.8, 4) is 11.5 Å². The largest absolute Gasteiger partial charge is 0.490 e. The van der Waals surface area contributed by atoms with Crippen molar-refractivity contribution in [3.05, 3.63) is 58.7 Å². The Morgan fingerprint density at radius 2 is 1.52 bits per heavy atom. The maximum atomic E-state index is 6.43. The molecule has 0 saturated carbocycles. The van der Waals surface area contributed by atoms with Gasteiger partial charge in [-0.1, -0.05) is 35.4 Å². The van der Waals surface area contributed by atoms with E-state index in [2.05, 4.69) is 32.0 Å². The molecule has 0 aliphatic carbocycles. The summed E-state index contributed by atoms with van der Waals surface area (Å²) >= 11 is 0. The summed E-state index contributed by atoms with van der Waals surface area (Å²) in [5, 5.41) is 0. The van der Waals surface area contributed by atoms with Crippen LogP contribution in [0.15, 0.2) is 36.4 Å². The first-order valence-corrected chi connectivity index (χ1v) is 7.37. The molecule has 2 aromatic rings. The molecule has 21 heavy (non-hydrogen) atoms. The lowest BCUT2D eigenvalue weighted by Crippen LogP contribution is -2.12. The van der Waals surface area contributed by atoms with Crippen molar-refractivity contribution in [1.82, 2.24) is 0 Å². The van der Waals surface area contributed by atoms with Crippen molar-refractivity contribution >= 4 is 0 Å². The predicted molar refractivity (Wildman–Crippen MR) is 84.0 cm³/mol. The number of nitrogens with two attached hydrogens (primary N) is 1. The summed E-state index contributed by atoms with van der Waals surface area (Å²) < 4.78 is 11.4. The highest BCUT2D eigenvalue weighted by Crippen LogP contribution is 2.33. The Balaban J connectivity index is 1.94. The fourth-order valence-electron chi connectivity index (χ4n) is 2.76. The first-order chi connectivity index (χ1) is 10.1. The highest BCUT2D eigenvalue weighted by atomic mass is 16.5. The van der Waals surface area contributed by atoms with Gasteiger partial charge in [-0.3, -0.25) is 0 Å². The number of ether oxygens (including phenoxy) is 2. The highest BCUT2D eigenvalue weighted by Gasteiger charge is 2.15. The number of hydrogen-bond donors (Lipinski definition) is 1. The molecule has 0 fully saturated rings. The summed E-state index contributed by atoms with van der Waals surface area (Å²) in [7, 11) is 0. The third-order valence-corrected chi connectivity index (χ3v) is 3.73. The van der Waals surface area contributed by atoms with Gasteiger partial charge in [-0.2, -0.15) is 0 Å². The lowest BCUT2D eigenvalue weighted by atomic mass is 9.96. The third-order valence-electron chi connectivity index (χ3n) is 3.73. The maximum Gasteiger partial charge on any atom is 0.161 e. The SMILES string of the molecule is Cc1cc(C)cc(C(N)c2ccc3c(c2)OCCCO3)c1. The van der Waals surface area contributed by atoms with Crippen molar-refractivity contribution in [2.24, 2.45) is 5.73 Å². The van der Waals surface area contributed by atoms with E-state index in [1.54, 1.807) is 0 Å². The van der Waals surface area contributed by atoms with Gasteiger partial charge in [0.25, 0.3) is 0 Å². The minimum absolute atomic E-state index is 0.152. The molecule has 1 aliphatic heterocycles. The molecule has 0 spiro atoms. The summed E-state index contributed by atoms with van der Waals surface area (Å²) in [6.07, 6.45) is 0.910. The molecule has 110 valence electrons. The number of hydrogen-bond acceptors (Lipinski definition) is 3. The summed E-state index contributed by atoms with van der Waals surface area (Å²) in [4.78, 5) is 0. The average Bonchev–Trinajstić information content (AvgIpc) is 2.69.